The van der Waals surface area contributed by atoms with Crippen LogP contribution in [0, 0.1) is 10.1 Å². The Labute approximate surface area is 101 Å². The molecular weight excluding hydrogens is 242 g/mol. The van der Waals surface area contributed by atoms with Crippen molar-refractivity contribution in [1.29, 1.82) is 0 Å². The van der Waals surface area contributed by atoms with Gasteiger partial charge in [0.1, 0.15) is 0 Å². The molecule has 0 aliphatic heterocycles. The molecule has 1 rings (SSSR count). The monoisotopic (exact) mass is 257 g/mol. The molecule has 0 fully saturated rings. The molecule has 5 nitrogen and oxygen atoms in total. The van der Waals surface area contributed by atoms with Crippen LogP contribution in [-0.2, 0) is 9.84 Å². The van der Waals surface area contributed by atoms with Crippen LogP contribution in [-0.4, -0.2) is 19.1 Å². The number of unbranched alkanes of at least 4 members (excludes halogenated alkanes) is 2. The summed E-state index contributed by atoms with van der Waals surface area (Å²) in [6, 6.07) is 5.01. The molecule has 94 valence electrons. The summed E-state index contributed by atoms with van der Waals surface area (Å²) >= 11 is 0. The molecule has 0 unspecified atom stereocenters. The van der Waals surface area contributed by atoms with Crippen LogP contribution >= 0.6 is 0 Å². The van der Waals surface area contributed by atoms with Crippen LogP contribution in [0.1, 0.15) is 26.2 Å². The summed E-state index contributed by atoms with van der Waals surface area (Å²) in [6.45, 7) is 2.00. The van der Waals surface area contributed by atoms with Gasteiger partial charge in [0.2, 0.25) is 0 Å². The molecule has 1 aromatic rings. The van der Waals surface area contributed by atoms with Gasteiger partial charge < -0.3 is 0 Å². The van der Waals surface area contributed by atoms with Gasteiger partial charge in [-0.15, -0.1) is 0 Å². The molecule has 0 heterocycles. The number of non-ortho nitro benzene ring substituents is 1. The highest BCUT2D eigenvalue weighted by molar-refractivity contribution is 7.91. The predicted octanol–water partition coefficient (Wildman–Crippen LogP) is 2.56. The first-order chi connectivity index (χ1) is 7.97. The standard InChI is InChI=1S/C11H15NO4S/c1-2-3-4-9-17(15,16)11-7-5-10(6-8-11)12(13)14/h5-8H,2-4,9H2,1H3. The van der Waals surface area contributed by atoms with Gasteiger partial charge in [-0.2, -0.15) is 0 Å². The quantitative estimate of drug-likeness (QED) is 0.446. The second kappa shape index (κ2) is 5.77. The van der Waals surface area contributed by atoms with Crippen molar-refractivity contribution in [1.82, 2.24) is 0 Å². The Kier molecular flexibility index (Phi) is 4.62. The van der Waals surface area contributed by atoms with Crippen molar-refractivity contribution in [2.24, 2.45) is 0 Å². The summed E-state index contributed by atoms with van der Waals surface area (Å²) in [4.78, 5) is 10.0. The number of nitrogens with zero attached hydrogens (tertiary/aromatic N) is 1. The van der Waals surface area contributed by atoms with Crippen LogP contribution in [0.15, 0.2) is 29.2 Å². The smallest absolute Gasteiger partial charge is 0.258 e. The van der Waals surface area contributed by atoms with Crippen LogP contribution in [0.2, 0.25) is 0 Å². The highest BCUT2D eigenvalue weighted by Gasteiger charge is 2.15. The normalized spacial score (nSPS) is 11.4. The Bertz CT molecular complexity index is 479. The van der Waals surface area contributed by atoms with Crippen LogP contribution in [0.25, 0.3) is 0 Å². The molecular formula is C11H15NO4S. The average molecular weight is 257 g/mol. The lowest BCUT2D eigenvalue weighted by Crippen LogP contribution is -2.06. The topological polar surface area (TPSA) is 77.3 Å². The molecule has 0 aliphatic rings. The molecule has 0 saturated heterocycles. The van der Waals surface area contributed by atoms with E-state index in [1.165, 1.54) is 24.3 Å². The van der Waals surface area contributed by atoms with Crippen molar-refractivity contribution >= 4 is 15.5 Å². The van der Waals surface area contributed by atoms with Crippen molar-refractivity contribution in [3.63, 3.8) is 0 Å². The van der Waals surface area contributed by atoms with E-state index in [0.717, 1.165) is 12.8 Å². The van der Waals surface area contributed by atoms with Gasteiger partial charge in [0.25, 0.3) is 5.69 Å². The molecule has 17 heavy (non-hydrogen) atoms. The van der Waals surface area contributed by atoms with E-state index in [2.05, 4.69) is 0 Å². The second-order valence-corrected chi connectivity index (χ2v) is 5.89. The number of hydrogen-bond acceptors (Lipinski definition) is 4. The first kappa shape index (κ1) is 13.6. The predicted molar refractivity (Wildman–Crippen MR) is 64.7 cm³/mol. The molecule has 0 N–H and O–H groups in total. The van der Waals surface area contributed by atoms with E-state index in [9.17, 15) is 18.5 Å². The maximum absolute atomic E-state index is 11.8. The SMILES string of the molecule is CCCCCS(=O)(=O)c1ccc([N+](=O)[O-])cc1. The van der Waals surface area contributed by atoms with Crippen molar-refractivity contribution in [3.8, 4) is 0 Å². The lowest BCUT2D eigenvalue weighted by molar-refractivity contribution is -0.384. The Hall–Kier alpha value is -1.43. The molecule has 0 atom stereocenters. The molecule has 0 spiro atoms. The van der Waals surface area contributed by atoms with Crippen LogP contribution in [0.3, 0.4) is 0 Å². The largest absolute Gasteiger partial charge is 0.269 e. The zero-order chi connectivity index (χ0) is 12.9. The van der Waals surface area contributed by atoms with Crippen LogP contribution in [0.4, 0.5) is 5.69 Å². The summed E-state index contributed by atoms with van der Waals surface area (Å²) in [5.41, 5.74) is -0.0995. The van der Waals surface area contributed by atoms with E-state index in [1.807, 2.05) is 6.92 Å². The summed E-state index contributed by atoms with van der Waals surface area (Å²) in [5.74, 6) is 0.0959. The molecule has 0 saturated carbocycles. The van der Waals surface area contributed by atoms with Gasteiger partial charge in [-0.25, -0.2) is 8.42 Å². The van der Waals surface area contributed by atoms with Crippen LogP contribution < -0.4 is 0 Å². The third kappa shape index (κ3) is 3.81. The van der Waals surface area contributed by atoms with Gasteiger partial charge in [-0.05, 0) is 18.6 Å². The minimum absolute atomic E-state index is 0.0959. The number of hydrogen-bond donors (Lipinski definition) is 0. The number of sulfone groups is 1. The Morgan fingerprint density at radius 2 is 1.76 bits per heavy atom. The van der Waals surface area contributed by atoms with E-state index in [0.29, 0.717) is 6.42 Å². The van der Waals surface area contributed by atoms with Gasteiger partial charge in [0, 0.05) is 12.1 Å². The molecule has 0 amide bonds. The highest BCUT2D eigenvalue weighted by Crippen LogP contribution is 2.17. The first-order valence-electron chi connectivity index (χ1n) is 5.44. The third-order valence-corrected chi connectivity index (χ3v) is 4.24. The number of nitro groups is 1. The molecule has 0 radical (unpaired) electrons. The summed E-state index contributed by atoms with van der Waals surface area (Å²) in [5, 5.41) is 10.4. The lowest BCUT2D eigenvalue weighted by Gasteiger charge is -2.03. The van der Waals surface area contributed by atoms with E-state index >= 15 is 0 Å². The van der Waals surface area contributed by atoms with Gasteiger partial charge in [0.05, 0.1) is 15.6 Å². The van der Waals surface area contributed by atoms with E-state index in [4.69, 9.17) is 0 Å². The molecule has 0 bridgehead atoms. The number of rotatable bonds is 6. The van der Waals surface area contributed by atoms with Crippen molar-refractivity contribution in [3.05, 3.63) is 34.4 Å². The van der Waals surface area contributed by atoms with E-state index in [-0.39, 0.29) is 16.3 Å². The fourth-order valence-corrected chi connectivity index (χ4v) is 2.81. The fraction of sp³-hybridized carbons (Fsp3) is 0.455. The van der Waals surface area contributed by atoms with E-state index in [1.54, 1.807) is 0 Å². The average Bonchev–Trinajstić information content (AvgIpc) is 2.29. The van der Waals surface area contributed by atoms with E-state index < -0.39 is 14.8 Å². The van der Waals surface area contributed by atoms with Crippen LogP contribution in [0.5, 0.6) is 0 Å². The first-order valence-corrected chi connectivity index (χ1v) is 7.10. The highest BCUT2D eigenvalue weighted by atomic mass is 32.2. The van der Waals surface area contributed by atoms with Gasteiger partial charge >= 0.3 is 0 Å². The number of benzene rings is 1. The summed E-state index contributed by atoms with van der Waals surface area (Å²) < 4.78 is 23.6. The van der Waals surface area contributed by atoms with Gasteiger partial charge in [-0.3, -0.25) is 10.1 Å². The minimum Gasteiger partial charge on any atom is -0.258 e. The Morgan fingerprint density at radius 3 is 2.24 bits per heavy atom. The Morgan fingerprint density at radius 1 is 1.18 bits per heavy atom. The molecule has 0 aliphatic carbocycles. The maximum Gasteiger partial charge on any atom is 0.269 e. The minimum atomic E-state index is -3.30. The summed E-state index contributed by atoms with van der Waals surface area (Å²) in [7, 11) is -3.30. The number of nitro benzene ring substituents is 1. The molecule has 1 aromatic carbocycles. The molecule has 6 heteroatoms. The van der Waals surface area contributed by atoms with Gasteiger partial charge in [-0.1, -0.05) is 19.8 Å². The lowest BCUT2D eigenvalue weighted by atomic mass is 10.3. The zero-order valence-electron chi connectivity index (χ0n) is 9.63. The van der Waals surface area contributed by atoms with Gasteiger partial charge in [0.15, 0.2) is 9.84 Å². The Balaban J connectivity index is 2.81. The van der Waals surface area contributed by atoms with Crippen molar-refractivity contribution in [2.45, 2.75) is 31.1 Å². The maximum atomic E-state index is 11.8. The molecule has 0 aromatic heterocycles. The van der Waals surface area contributed by atoms with Crippen molar-refractivity contribution < 1.29 is 13.3 Å². The second-order valence-electron chi connectivity index (χ2n) is 3.78. The third-order valence-electron chi connectivity index (χ3n) is 2.42. The van der Waals surface area contributed by atoms with Crippen molar-refractivity contribution in [2.75, 3.05) is 5.75 Å². The zero-order valence-corrected chi connectivity index (χ0v) is 10.4. The summed E-state index contributed by atoms with van der Waals surface area (Å²) in [6.07, 6.45) is 2.44. The fourth-order valence-electron chi connectivity index (χ4n) is 1.44.